The van der Waals surface area contributed by atoms with E-state index in [4.69, 9.17) is 10.9 Å². The molecule has 0 spiro atoms. The minimum atomic E-state index is 0.151. The molecule has 0 bridgehead atoms. The summed E-state index contributed by atoms with van der Waals surface area (Å²) in [5.41, 5.74) is 7.37. The normalized spacial score (nSPS) is 11.6. The number of nitrogens with two attached hydrogens (primary N) is 1. The van der Waals surface area contributed by atoms with E-state index in [2.05, 4.69) is 12.1 Å². The first kappa shape index (κ1) is 8.59. The van der Waals surface area contributed by atoms with Crippen molar-refractivity contribution in [1.82, 2.24) is 0 Å². The first-order valence-corrected chi connectivity index (χ1v) is 3.84. The fraction of sp³-hybridized carbons (Fsp3) is 0.222. The minimum absolute atomic E-state index is 0.151. The average Bonchev–Trinajstić information content (AvgIpc) is 2.17. The van der Waals surface area contributed by atoms with E-state index in [1.165, 1.54) is 5.56 Å². The SMILES string of the molecule is CCc1ccc(C(N)=NO)cc1. The maximum absolute atomic E-state index is 8.38. The number of benzene rings is 1. The van der Waals surface area contributed by atoms with Crippen molar-refractivity contribution in [2.45, 2.75) is 13.3 Å². The zero-order chi connectivity index (χ0) is 8.97. The van der Waals surface area contributed by atoms with Crippen molar-refractivity contribution in [3.63, 3.8) is 0 Å². The fourth-order valence-electron chi connectivity index (χ4n) is 0.969. The minimum Gasteiger partial charge on any atom is -0.409 e. The van der Waals surface area contributed by atoms with Gasteiger partial charge in [-0.3, -0.25) is 0 Å². The van der Waals surface area contributed by atoms with Gasteiger partial charge in [0.25, 0.3) is 0 Å². The molecule has 3 N–H and O–H groups in total. The highest BCUT2D eigenvalue weighted by Gasteiger charge is 1.96. The van der Waals surface area contributed by atoms with E-state index in [1.807, 2.05) is 24.3 Å². The number of aryl methyl sites for hydroxylation is 1. The van der Waals surface area contributed by atoms with Gasteiger partial charge < -0.3 is 10.9 Å². The molecular weight excluding hydrogens is 152 g/mol. The predicted molar refractivity (Wildman–Crippen MR) is 48.3 cm³/mol. The zero-order valence-electron chi connectivity index (χ0n) is 6.99. The topological polar surface area (TPSA) is 58.6 Å². The van der Waals surface area contributed by atoms with Crippen LogP contribution in [0.2, 0.25) is 0 Å². The standard InChI is InChI=1S/C9H12N2O/c1-2-7-3-5-8(6-4-7)9(10)11-12/h3-6,12H,2H2,1H3,(H2,10,11). The molecule has 0 aliphatic rings. The molecule has 1 rings (SSSR count). The first-order chi connectivity index (χ1) is 5.77. The molecular formula is C9H12N2O. The Morgan fingerprint density at radius 3 is 2.42 bits per heavy atom. The van der Waals surface area contributed by atoms with Crippen molar-refractivity contribution < 1.29 is 5.21 Å². The van der Waals surface area contributed by atoms with Crippen molar-refractivity contribution >= 4 is 5.84 Å². The summed E-state index contributed by atoms with van der Waals surface area (Å²) in [5.74, 6) is 0.151. The Morgan fingerprint density at radius 2 is 2.00 bits per heavy atom. The maximum Gasteiger partial charge on any atom is 0.170 e. The summed E-state index contributed by atoms with van der Waals surface area (Å²) in [4.78, 5) is 0. The second kappa shape index (κ2) is 3.76. The molecule has 64 valence electrons. The van der Waals surface area contributed by atoms with Gasteiger partial charge in [-0.25, -0.2) is 0 Å². The van der Waals surface area contributed by atoms with Crippen LogP contribution in [0.5, 0.6) is 0 Å². The molecule has 1 aromatic carbocycles. The van der Waals surface area contributed by atoms with Gasteiger partial charge in [0.15, 0.2) is 5.84 Å². The van der Waals surface area contributed by atoms with E-state index in [1.54, 1.807) is 0 Å². The Kier molecular flexibility index (Phi) is 2.69. The Labute approximate surface area is 71.5 Å². The number of rotatable bonds is 2. The third-order valence-electron chi connectivity index (χ3n) is 1.77. The molecule has 0 saturated heterocycles. The third-order valence-corrected chi connectivity index (χ3v) is 1.77. The smallest absolute Gasteiger partial charge is 0.170 e. The number of nitrogens with zero attached hydrogens (tertiary/aromatic N) is 1. The summed E-state index contributed by atoms with van der Waals surface area (Å²) in [6.07, 6.45) is 0.996. The van der Waals surface area contributed by atoms with Gasteiger partial charge in [0, 0.05) is 5.56 Å². The average molecular weight is 164 g/mol. The molecule has 0 aliphatic carbocycles. The molecule has 0 aromatic heterocycles. The Hall–Kier alpha value is -1.51. The van der Waals surface area contributed by atoms with E-state index in [9.17, 15) is 0 Å². The Morgan fingerprint density at radius 1 is 1.42 bits per heavy atom. The second-order valence-corrected chi connectivity index (χ2v) is 2.54. The number of oxime groups is 1. The molecule has 0 aliphatic heterocycles. The molecule has 0 saturated carbocycles. The number of amidine groups is 1. The van der Waals surface area contributed by atoms with Crippen LogP contribution < -0.4 is 5.73 Å². The largest absolute Gasteiger partial charge is 0.409 e. The van der Waals surface area contributed by atoms with E-state index in [0.29, 0.717) is 0 Å². The van der Waals surface area contributed by atoms with Gasteiger partial charge in [0.05, 0.1) is 0 Å². The van der Waals surface area contributed by atoms with Gasteiger partial charge in [-0.1, -0.05) is 36.3 Å². The van der Waals surface area contributed by atoms with Gasteiger partial charge in [-0.15, -0.1) is 0 Å². The lowest BCUT2D eigenvalue weighted by atomic mass is 10.1. The highest BCUT2D eigenvalue weighted by Crippen LogP contribution is 2.04. The lowest BCUT2D eigenvalue weighted by molar-refractivity contribution is 0.318. The van der Waals surface area contributed by atoms with Crippen molar-refractivity contribution in [3.05, 3.63) is 35.4 Å². The molecule has 1 aromatic rings. The number of hydrogen-bond donors (Lipinski definition) is 2. The van der Waals surface area contributed by atoms with Crippen LogP contribution in [-0.2, 0) is 6.42 Å². The molecule has 0 heterocycles. The Balaban J connectivity index is 2.92. The van der Waals surface area contributed by atoms with Gasteiger partial charge >= 0.3 is 0 Å². The van der Waals surface area contributed by atoms with E-state index >= 15 is 0 Å². The first-order valence-electron chi connectivity index (χ1n) is 3.84. The molecule has 3 nitrogen and oxygen atoms in total. The van der Waals surface area contributed by atoms with Crippen molar-refractivity contribution in [2.24, 2.45) is 10.9 Å². The quantitative estimate of drug-likeness (QED) is 0.300. The summed E-state index contributed by atoms with van der Waals surface area (Å²) >= 11 is 0. The van der Waals surface area contributed by atoms with E-state index in [-0.39, 0.29) is 5.84 Å². The summed E-state index contributed by atoms with van der Waals surface area (Å²) in [6.45, 7) is 2.08. The van der Waals surface area contributed by atoms with Crippen LogP contribution in [0, 0.1) is 0 Å². The second-order valence-electron chi connectivity index (χ2n) is 2.54. The van der Waals surface area contributed by atoms with Crippen LogP contribution in [0.15, 0.2) is 29.4 Å². The van der Waals surface area contributed by atoms with Crippen LogP contribution in [-0.4, -0.2) is 11.0 Å². The number of hydrogen-bond acceptors (Lipinski definition) is 2. The monoisotopic (exact) mass is 164 g/mol. The maximum atomic E-state index is 8.38. The molecule has 0 amide bonds. The summed E-state index contributed by atoms with van der Waals surface area (Å²) in [6, 6.07) is 7.61. The van der Waals surface area contributed by atoms with Gasteiger partial charge in [-0.2, -0.15) is 0 Å². The van der Waals surface area contributed by atoms with Crippen LogP contribution in [0.4, 0.5) is 0 Å². The highest BCUT2D eigenvalue weighted by atomic mass is 16.4. The summed E-state index contributed by atoms with van der Waals surface area (Å²) in [5, 5.41) is 11.3. The molecule has 0 fully saturated rings. The van der Waals surface area contributed by atoms with Crippen LogP contribution in [0.1, 0.15) is 18.1 Å². The van der Waals surface area contributed by atoms with Crippen LogP contribution in [0.25, 0.3) is 0 Å². The van der Waals surface area contributed by atoms with E-state index in [0.717, 1.165) is 12.0 Å². The molecule has 12 heavy (non-hydrogen) atoms. The van der Waals surface area contributed by atoms with Crippen molar-refractivity contribution in [2.75, 3.05) is 0 Å². The van der Waals surface area contributed by atoms with E-state index < -0.39 is 0 Å². The van der Waals surface area contributed by atoms with Crippen molar-refractivity contribution in [3.8, 4) is 0 Å². The predicted octanol–water partition coefficient (Wildman–Crippen LogP) is 1.34. The molecule has 0 unspecified atom stereocenters. The zero-order valence-corrected chi connectivity index (χ0v) is 6.99. The van der Waals surface area contributed by atoms with Gasteiger partial charge in [0.2, 0.25) is 0 Å². The highest BCUT2D eigenvalue weighted by molar-refractivity contribution is 5.96. The third kappa shape index (κ3) is 1.75. The summed E-state index contributed by atoms with van der Waals surface area (Å²) < 4.78 is 0. The summed E-state index contributed by atoms with van der Waals surface area (Å²) in [7, 11) is 0. The van der Waals surface area contributed by atoms with Crippen molar-refractivity contribution in [1.29, 1.82) is 0 Å². The molecule has 0 radical (unpaired) electrons. The van der Waals surface area contributed by atoms with Gasteiger partial charge in [-0.05, 0) is 12.0 Å². The lowest BCUT2D eigenvalue weighted by Gasteiger charge is -1.99. The lowest BCUT2D eigenvalue weighted by Crippen LogP contribution is -2.12. The van der Waals surface area contributed by atoms with Gasteiger partial charge in [0.1, 0.15) is 0 Å². The van der Waals surface area contributed by atoms with Crippen LogP contribution >= 0.6 is 0 Å². The molecule has 0 atom stereocenters. The fourth-order valence-corrected chi connectivity index (χ4v) is 0.969. The Bertz CT molecular complexity index is 277. The molecule has 3 heteroatoms. The van der Waals surface area contributed by atoms with Crippen LogP contribution in [0.3, 0.4) is 0 Å².